The molecule has 21 heavy (non-hydrogen) atoms. The molecule has 2 rings (SSSR count). The fourth-order valence-corrected chi connectivity index (χ4v) is 3.12. The summed E-state index contributed by atoms with van der Waals surface area (Å²) in [4.78, 5) is 0. The van der Waals surface area contributed by atoms with Gasteiger partial charge in [-0.1, -0.05) is 0 Å². The van der Waals surface area contributed by atoms with E-state index in [0.29, 0.717) is 12.8 Å². The van der Waals surface area contributed by atoms with E-state index in [1.165, 1.54) is 0 Å². The fourth-order valence-electron chi connectivity index (χ4n) is 3.12. The van der Waals surface area contributed by atoms with E-state index < -0.39 is 5.92 Å². The van der Waals surface area contributed by atoms with Gasteiger partial charge in [-0.05, 0) is 44.0 Å². The summed E-state index contributed by atoms with van der Waals surface area (Å²) in [7, 11) is 5.09. The van der Waals surface area contributed by atoms with Crippen LogP contribution in [0.5, 0.6) is 11.5 Å². The van der Waals surface area contributed by atoms with E-state index in [9.17, 15) is 8.78 Å². The second kappa shape index (κ2) is 6.60. The molecule has 0 radical (unpaired) electrons. The van der Waals surface area contributed by atoms with E-state index in [-0.39, 0.29) is 24.8 Å². The number of ether oxygens (including phenoxy) is 2. The molecule has 1 aromatic rings. The smallest absolute Gasteiger partial charge is 0.248 e. The Kier molecular flexibility index (Phi) is 5.04. The van der Waals surface area contributed by atoms with Crippen LogP contribution in [0.2, 0.25) is 0 Å². The zero-order valence-electron chi connectivity index (χ0n) is 12.8. The molecule has 1 fully saturated rings. The Balaban J connectivity index is 2.24. The zero-order chi connectivity index (χ0) is 15.5. The third-order valence-corrected chi connectivity index (χ3v) is 4.32. The Morgan fingerprint density at radius 3 is 2.38 bits per heavy atom. The van der Waals surface area contributed by atoms with E-state index in [2.05, 4.69) is 5.32 Å². The molecule has 1 aliphatic rings. The van der Waals surface area contributed by atoms with Crippen molar-refractivity contribution in [1.29, 1.82) is 0 Å². The first-order valence-electron chi connectivity index (χ1n) is 7.28. The quantitative estimate of drug-likeness (QED) is 0.897. The molecule has 1 aromatic carbocycles. The van der Waals surface area contributed by atoms with Gasteiger partial charge in [0.05, 0.1) is 14.2 Å². The van der Waals surface area contributed by atoms with Gasteiger partial charge in [-0.25, -0.2) is 8.78 Å². The fraction of sp³-hybridized carbons (Fsp3) is 0.625. The first-order valence-corrected chi connectivity index (χ1v) is 7.28. The van der Waals surface area contributed by atoms with Crippen LogP contribution in [0.25, 0.3) is 0 Å². The largest absolute Gasteiger partial charge is 0.497 e. The van der Waals surface area contributed by atoms with Crippen molar-refractivity contribution in [1.82, 2.24) is 5.32 Å². The zero-order valence-corrected chi connectivity index (χ0v) is 12.8. The SMILES string of the molecule is CNC(c1cc(OC)ccc1OC)C1CCC(F)(F)CC1. The molecule has 0 aliphatic heterocycles. The molecule has 0 aromatic heterocycles. The summed E-state index contributed by atoms with van der Waals surface area (Å²) in [5.74, 6) is -0.830. The molecule has 0 saturated heterocycles. The maximum Gasteiger partial charge on any atom is 0.248 e. The maximum atomic E-state index is 13.3. The van der Waals surface area contributed by atoms with Gasteiger partial charge >= 0.3 is 0 Å². The molecular weight excluding hydrogens is 276 g/mol. The van der Waals surface area contributed by atoms with E-state index in [1.807, 2.05) is 25.2 Å². The lowest BCUT2D eigenvalue weighted by atomic mass is 9.79. The number of halogens is 2. The molecule has 118 valence electrons. The lowest BCUT2D eigenvalue weighted by Gasteiger charge is -2.34. The first-order chi connectivity index (χ1) is 10.0. The second-order valence-electron chi connectivity index (χ2n) is 5.57. The third kappa shape index (κ3) is 3.64. The number of hydrogen-bond donors (Lipinski definition) is 1. The highest BCUT2D eigenvalue weighted by molar-refractivity contribution is 5.42. The Morgan fingerprint density at radius 1 is 1.19 bits per heavy atom. The van der Waals surface area contributed by atoms with Crippen molar-refractivity contribution in [2.75, 3.05) is 21.3 Å². The van der Waals surface area contributed by atoms with Gasteiger partial charge in [-0.3, -0.25) is 0 Å². The van der Waals surface area contributed by atoms with Crippen LogP contribution in [0.4, 0.5) is 8.78 Å². The Labute approximate surface area is 124 Å². The summed E-state index contributed by atoms with van der Waals surface area (Å²) in [6.45, 7) is 0. The maximum absolute atomic E-state index is 13.3. The molecule has 3 nitrogen and oxygen atoms in total. The van der Waals surface area contributed by atoms with E-state index in [4.69, 9.17) is 9.47 Å². The highest BCUT2D eigenvalue weighted by atomic mass is 19.3. The molecule has 1 aliphatic carbocycles. The van der Waals surface area contributed by atoms with E-state index in [0.717, 1.165) is 17.1 Å². The van der Waals surface area contributed by atoms with Crippen LogP contribution in [0.15, 0.2) is 18.2 Å². The lowest BCUT2D eigenvalue weighted by molar-refractivity contribution is -0.0495. The Morgan fingerprint density at radius 2 is 1.86 bits per heavy atom. The minimum absolute atomic E-state index is 0.00819. The molecule has 1 unspecified atom stereocenters. The summed E-state index contributed by atoms with van der Waals surface area (Å²) in [6.07, 6.45) is 0.946. The van der Waals surface area contributed by atoms with Crippen LogP contribution in [0.3, 0.4) is 0 Å². The van der Waals surface area contributed by atoms with Crippen LogP contribution in [0, 0.1) is 5.92 Å². The topological polar surface area (TPSA) is 30.5 Å². The van der Waals surface area contributed by atoms with E-state index >= 15 is 0 Å². The minimum Gasteiger partial charge on any atom is -0.497 e. The van der Waals surface area contributed by atoms with Gasteiger partial charge < -0.3 is 14.8 Å². The van der Waals surface area contributed by atoms with Gasteiger partial charge in [-0.2, -0.15) is 0 Å². The highest BCUT2D eigenvalue weighted by Gasteiger charge is 2.38. The molecule has 5 heteroatoms. The number of benzene rings is 1. The van der Waals surface area contributed by atoms with Crippen molar-refractivity contribution in [2.24, 2.45) is 5.92 Å². The van der Waals surface area contributed by atoms with Crippen molar-refractivity contribution in [3.8, 4) is 11.5 Å². The van der Waals surface area contributed by atoms with Crippen LogP contribution in [-0.2, 0) is 0 Å². The lowest BCUT2D eigenvalue weighted by Crippen LogP contribution is -2.32. The minimum atomic E-state index is -2.51. The predicted molar refractivity (Wildman–Crippen MR) is 78.3 cm³/mol. The van der Waals surface area contributed by atoms with Crippen molar-refractivity contribution in [2.45, 2.75) is 37.6 Å². The number of hydrogen-bond acceptors (Lipinski definition) is 3. The summed E-state index contributed by atoms with van der Waals surface area (Å²) in [5.41, 5.74) is 0.967. The van der Waals surface area contributed by atoms with Crippen molar-refractivity contribution >= 4 is 0 Å². The summed E-state index contributed by atoms with van der Waals surface area (Å²) >= 11 is 0. The Bertz CT molecular complexity index is 469. The molecule has 0 heterocycles. The van der Waals surface area contributed by atoms with E-state index in [1.54, 1.807) is 14.2 Å². The van der Waals surface area contributed by atoms with Crippen LogP contribution >= 0.6 is 0 Å². The van der Waals surface area contributed by atoms with Gasteiger partial charge in [0, 0.05) is 24.4 Å². The normalized spacial score (nSPS) is 20.0. The molecule has 0 amide bonds. The molecule has 0 spiro atoms. The Hall–Kier alpha value is -1.36. The molecule has 0 bridgehead atoms. The third-order valence-electron chi connectivity index (χ3n) is 4.32. The van der Waals surface area contributed by atoms with Crippen molar-refractivity contribution in [3.63, 3.8) is 0 Å². The predicted octanol–water partition coefficient (Wildman–Crippen LogP) is 3.79. The van der Waals surface area contributed by atoms with Crippen LogP contribution in [0.1, 0.15) is 37.3 Å². The van der Waals surface area contributed by atoms with Crippen molar-refractivity contribution in [3.05, 3.63) is 23.8 Å². The summed E-state index contributed by atoms with van der Waals surface area (Å²) in [6, 6.07) is 5.61. The number of rotatable bonds is 5. The molecule has 1 atom stereocenters. The van der Waals surface area contributed by atoms with Crippen LogP contribution in [-0.4, -0.2) is 27.2 Å². The number of methoxy groups -OCH3 is 2. The van der Waals surface area contributed by atoms with Gasteiger partial charge in [0.15, 0.2) is 0 Å². The van der Waals surface area contributed by atoms with Gasteiger partial charge in [0.1, 0.15) is 11.5 Å². The molecular formula is C16H23F2NO2. The summed E-state index contributed by atoms with van der Waals surface area (Å²) < 4.78 is 37.4. The average molecular weight is 299 g/mol. The monoisotopic (exact) mass is 299 g/mol. The van der Waals surface area contributed by atoms with Crippen LogP contribution < -0.4 is 14.8 Å². The second-order valence-corrected chi connectivity index (χ2v) is 5.57. The van der Waals surface area contributed by atoms with Gasteiger partial charge in [0.25, 0.3) is 0 Å². The first kappa shape index (κ1) is 16.0. The van der Waals surface area contributed by atoms with Gasteiger partial charge in [0.2, 0.25) is 5.92 Å². The van der Waals surface area contributed by atoms with Gasteiger partial charge in [-0.15, -0.1) is 0 Å². The standard InChI is InChI=1S/C16H23F2NO2/c1-19-15(11-6-8-16(17,18)9-7-11)13-10-12(20-2)4-5-14(13)21-3/h4-5,10-11,15,19H,6-9H2,1-3H3. The average Bonchev–Trinajstić information content (AvgIpc) is 2.49. The molecule has 1 N–H and O–H groups in total. The highest BCUT2D eigenvalue weighted by Crippen LogP contribution is 2.43. The number of alkyl halides is 2. The summed E-state index contributed by atoms with van der Waals surface area (Å²) in [5, 5.41) is 3.26. The molecule has 1 saturated carbocycles. The number of nitrogens with one attached hydrogen (secondary N) is 1. The van der Waals surface area contributed by atoms with Crippen molar-refractivity contribution < 1.29 is 18.3 Å².